The fraction of sp³-hybridized carbons (Fsp3) is 0.364. The maximum atomic E-state index is 8.72. The fourth-order valence-electron chi connectivity index (χ4n) is 1.58. The molecule has 15 heavy (non-hydrogen) atoms. The van der Waals surface area contributed by atoms with Gasteiger partial charge in [0.1, 0.15) is 5.52 Å². The summed E-state index contributed by atoms with van der Waals surface area (Å²) < 4.78 is 5.20. The predicted octanol–water partition coefficient (Wildman–Crippen LogP) is 1.60. The van der Waals surface area contributed by atoms with Crippen LogP contribution >= 0.6 is 0 Å². The normalized spacial score (nSPS) is 13.2. The quantitative estimate of drug-likeness (QED) is 0.797. The third kappa shape index (κ3) is 2.16. The van der Waals surface area contributed by atoms with Crippen LogP contribution in [0.25, 0.3) is 11.1 Å². The van der Waals surface area contributed by atoms with E-state index in [2.05, 4.69) is 4.98 Å². The Hall–Kier alpha value is -1.39. The summed E-state index contributed by atoms with van der Waals surface area (Å²) in [6.45, 7) is 0.179. The summed E-state index contributed by atoms with van der Waals surface area (Å²) in [7, 11) is 0. The van der Waals surface area contributed by atoms with Crippen LogP contribution in [0.5, 0.6) is 0 Å². The van der Waals surface area contributed by atoms with Gasteiger partial charge in [-0.25, -0.2) is 4.98 Å². The third-order valence-electron chi connectivity index (χ3n) is 2.46. The minimum Gasteiger partial charge on any atom is -0.443 e. The summed E-state index contributed by atoms with van der Waals surface area (Å²) in [5.74, 6) is 0. The Labute approximate surface area is 87.7 Å². The summed E-state index contributed by atoms with van der Waals surface area (Å²) in [5, 5.41) is 8.72. The average molecular weight is 206 g/mol. The van der Waals surface area contributed by atoms with Gasteiger partial charge in [-0.05, 0) is 30.5 Å². The molecule has 0 aliphatic carbocycles. The lowest BCUT2D eigenvalue weighted by molar-refractivity contribution is 0.280. The van der Waals surface area contributed by atoms with Crippen molar-refractivity contribution in [2.24, 2.45) is 5.73 Å². The lowest BCUT2D eigenvalue weighted by atomic mass is 10.0. The van der Waals surface area contributed by atoms with Gasteiger partial charge in [-0.2, -0.15) is 0 Å². The zero-order chi connectivity index (χ0) is 10.7. The van der Waals surface area contributed by atoms with Gasteiger partial charge in [-0.15, -0.1) is 0 Å². The van der Waals surface area contributed by atoms with Gasteiger partial charge in [0, 0.05) is 12.6 Å². The topological polar surface area (TPSA) is 72.3 Å². The fourth-order valence-corrected chi connectivity index (χ4v) is 1.58. The molecule has 4 heteroatoms. The van der Waals surface area contributed by atoms with Crippen molar-refractivity contribution in [3.05, 3.63) is 30.2 Å². The van der Waals surface area contributed by atoms with E-state index in [-0.39, 0.29) is 12.6 Å². The minimum atomic E-state index is -0.0494. The molecule has 0 radical (unpaired) electrons. The van der Waals surface area contributed by atoms with Crippen molar-refractivity contribution in [3.8, 4) is 0 Å². The van der Waals surface area contributed by atoms with Crippen LogP contribution in [0.1, 0.15) is 24.4 Å². The third-order valence-corrected chi connectivity index (χ3v) is 2.46. The first kappa shape index (κ1) is 10.1. The molecule has 0 fully saturated rings. The van der Waals surface area contributed by atoms with E-state index < -0.39 is 0 Å². The largest absolute Gasteiger partial charge is 0.443 e. The first-order valence-electron chi connectivity index (χ1n) is 5.01. The van der Waals surface area contributed by atoms with Gasteiger partial charge in [0.2, 0.25) is 0 Å². The standard InChI is InChI=1S/C11H14N2O2/c12-9(2-1-5-14)8-3-4-10-11(6-8)15-7-13-10/h3-4,6-7,9,14H,1-2,5,12H2. The number of nitrogens with zero attached hydrogens (tertiary/aromatic N) is 1. The molecule has 0 aliphatic rings. The van der Waals surface area contributed by atoms with E-state index in [9.17, 15) is 0 Å². The molecule has 0 saturated heterocycles. The number of benzene rings is 1. The highest BCUT2D eigenvalue weighted by atomic mass is 16.3. The summed E-state index contributed by atoms with van der Waals surface area (Å²) in [6, 6.07) is 5.70. The Morgan fingerprint density at radius 1 is 1.47 bits per heavy atom. The van der Waals surface area contributed by atoms with Crippen LogP contribution in [0.15, 0.2) is 29.0 Å². The molecule has 0 aliphatic heterocycles. The van der Waals surface area contributed by atoms with Crippen molar-refractivity contribution in [2.45, 2.75) is 18.9 Å². The lowest BCUT2D eigenvalue weighted by Crippen LogP contribution is -2.10. The van der Waals surface area contributed by atoms with Crippen LogP contribution in [0.4, 0.5) is 0 Å². The Balaban J connectivity index is 2.19. The number of nitrogens with two attached hydrogens (primary N) is 1. The second-order valence-corrected chi connectivity index (χ2v) is 3.55. The predicted molar refractivity (Wildman–Crippen MR) is 57.3 cm³/mol. The first-order valence-corrected chi connectivity index (χ1v) is 5.01. The van der Waals surface area contributed by atoms with Crippen LogP contribution in [0.2, 0.25) is 0 Å². The van der Waals surface area contributed by atoms with E-state index in [1.54, 1.807) is 0 Å². The Morgan fingerprint density at radius 2 is 2.33 bits per heavy atom. The van der Waals surface area contributed by atoms with E-state index in [0.29, 0.717) is 0 Å². The second-order valence-electron chi connectivity index (χ2n) is 3.55. The summed E-state index contributed by atoms with van der Waals surface area (Å²) in [6.07, 6.45) is 2.92. The van der Waals surface area contributed by atoms with E-state index in [1.165, 1.54) is 6.39 Å². The number of hydrogen-bond donors (Lipinski definition) is 2. The number of aliphatic hydroxyl groups is 1. The van der Waals surface area contributed by atoms with Gasteiger partial charge in [0.05, 0.1) is 0 Å². The molecular weight excluding hydrogens is 192 g/mol. The summed E-state index contributed by atoms with van der Waals surface area (Å²) in [5.41, 5.74) is 8.59. The molecule has 1 atom stereocenters. The lowest BCUT2D eigenvalue weighted by Gasteiger charge is -2.10. The van der Waals surface area contributed by atoms with Crippen molar-refractivity contribution in [3.63, 3.8) is 0 Å². The maximum Gasteiger partial charge on any atom is 0.181 e. The van der Waals surface area contributed by atoms with Gasteiger partial charge in [0.25, 0.3) is 0 Å². The highest BCUT2D eigenvalue weighted by Crippen LogP contribution is 2.20. The van der Waals surface area contributed by atoms with Crippen LogP contribution in [0, 0.1) is 0 Å². The van der Waals surface area contributed by atoms with Gasteiger partial charge in [-0.3, -0.25) is 0 Å². The van der Waals surface area contributed by atoms with E-state index >= 15 is 0 Å². The van der Waals surface area contributed by atoms with Gasteiger partial charge < -0.3 is 15.3 Å². The Bertz CT molecular complexity index is 439. The highest BCUT2D eigenvalue weighted by molar-refractivity contribution is 5.72. The van der Waals surface area contributed by atoms with Crippen LogP contribution in [-0.4, -0.2) is 16.7 Å². The number of aliphatic hydroxyl groups excluding tert-OH is 1. The van der Waals surface area contributed by atoms with Gasteiger partial charge in [-0.1, -0.05) is 6.07 Å². The summed E-state index contributed by atoms with van der Waals surface area (Å²) >= 11 is 0. The molecule has 0 saturated carbocycles. The van der Waals surface area contributed by atoms with Gasteiger partial charge in [0.15, 0.2) is 12.0 Å². The molecular formula is C11H14N2O2. The van der Waals surface area contributed by atoms with Crippen LogP contribution < -0.4 is 5.73 Å². The monoisotopic (exact) mass is 206 g/mol. The van der Waals surface area contributed by atoms with Gasteiger partial charge >= 0.3 is 0 Å². The number of oxazole rings is 1. The smallest absolute Gasteiger partial charge is 0.181 e. The van der Waals surface area contributed by atoms with Crippen LogP contribution in [-0.2, 0) is 0 Å². The second kappa shape index (κ2) is 4.42. The van der Waals surface area contributed by atoms with Crippen molar-refractivity contribution in [1.82, 2.24) is 4.98 Å². The molecule has 1 aromatic carbocycles. The van der Waals surface area contributed by atoms with Crippen molar-refractivity contribution in [2.75, 3.05) is 6.61 Å². The maximum absolute atomic E-state index is 8.72. The minimum absolute atomic E-state index is 0.0494. The number of fused-ring (bicyclic) bond motifs is 1. The van der Waals surface area contributed by atoms with Crippen LogP contribution in [0.3, 0.4) is 0 Å². The number of rotatable bonds is 4. The Morgan fingerprint density at radius 3 is 3.13 bits per heavy atom. The molecule has 4 nitrogen and oxygen atoms in total. The highest BCUT2D eigenvalue weighted by Gasteiger charge is 2.07. The molecule has 2 aromatic rings. The molecule has 0 spiro atoms. The molecule has 0 bridgehead atoms. The molecule has 2 rings (SSSR count). The Kier molecular flexibility index (Phi) is 2.99. The molecule has 80 valence electrons. The zero-order valence-corrected chi connectivity index (χ0v) is 8.39. The van der Waals surface area contributed by atoms with E-state index in [1.807, 2.05) is 18.2 Å². The number of hydrogen-bond acceptors (Lipinski definition) is 4. The van der Waals surface area contributed by atoms with Crippen molar-refractivity contribution >= 4 is 11.1 Å². The van der Waals surface area contributed by atoms with Crippen molar-refractivity contribution < 1.29 is 9.52 Å². The average Bonchev–Trinajstić information content (AvgIpc) is 2.72. The van der Waals surface area contributed by atoms with Crippen molar-refractivity contribution in [1.29, 1.82) is 0 Å². The SMILES string of the molecule is NC(CCCO)c1ccc2ncoc2c1. The molecule has 1 heterocycles. The van der Waals surface area contributed by atoms with E-state index in [4.69, 9.17) is 15.3 Å². The molecule has 3 N–H and O–H groups in total. The first-order chi connectivity index (χ1) is 7.31. The molecule has 1 aromatic heterocycles. The molecule has 1 unspecified atom stereocenters. The zero-order valence-electron chi connectivity index (χ0n) is 8.39. The number of aromatic nitrogens is 1. The molecule has 0 amide bonds. The van der Waals surface area contributed by atoms with E-state index in [0.717, 1.165) is 29.5 Å². The summed E-state index contributed by atoms with van der Waals surface area (Å²) in [4.78, 5) is 4.03.